The van der Waals surface area contributed by atoms with E-state index in [-0.39, 0.29) is 0 Å². The van der Waals surface area contributed by atoms with E-state index in [4.69, 9.17) is 9.15 Å². The van der Waals surface area contributed by atoms with Gasteiger partial charge in [-0.05, 0) is 55.8 Å². The molecule has 0 atom stereocenters. The van der Waals surface area contributed by atoms with Crippen LogP contribution in [-0.2, 0) is 16.6 Å². The number of rotatable bonds is 5. The summed E-state index contributed by atoms with van der Waals surface area (Å²) in [5.41, 5.74) is 1.13. The molecular formula is C18H24N2O4S. The topological polar surface area (TPSA) is 63.0 Å². The highest BCUT2D eigenvalue weighted by Gasteiger charge is 2.27. The number of ether oxygens (including phenoxy) is 1. The van der Waals surface area contributed by atoms with Crippen LogP contribution in [0.1, 0.15) is 17.7 Å². The summed E-state index contributed by atoms with van der Waals surface area (Å²) in [6, 6.07) is 8.51. The van der Waals surface area contributed by atoms with E-state index in [1.807, 2.05) is 13.0 Å². The van der Waals surface area contributed by atoms with Crippen molar-refractivity contribution in [3.8, 4) is 5.75 Å². The quantitative estimate of drug-likeness (QED) is 0.816. The highest BCUT2D eigenvalue weighted by Crippen LogP contribution is 2.21. The lowest BCUT2D eigenvalue weighted by atomic mass is 10.2. The summed E-state index contributed by atoms with van der Waals surface area (Å²) in [5, 5.41) is 0. The Morgan fingerprint density at radius 3 is 2.48 bits per heavy atom. The minimum atomic E-state index is -3.48. The fourth-order valence-electron chi connectivity index (χ4n) is 3.01. The first-order valence-corrected chi connectivity index (χ1v) is 9.84. The molecule has 0 aliphatic carbocycles. The number of hydrogen-bond acceptors (Lipinski definition) is 5. The smallest absolute Gasteiger partial charge is 0.243 e. The molecular weight excluding hydrogens is 340 g/mol. The van der Waals surface area contributed by atoms with Crippen LogP contribution < -0.4 is 4.74 Å². The molecule has 1 fully saturated rings. The maximum absolute atomic E-state index is 12.9. The summed E-state index contributed by atoms with van der Waals surface area (Å²) >= 11 is 0. The van der Waals surface area contributed by atoms with Gasteiger partial charge in [-0.25, -0.2) is 8.42 Å². The molecule has 1 aromatic carbocycles. The molecule has 0 N–H and O–H groups in total. The van der Waals surface area contributed by atoms with Crippen molar-refractivity contribution in [1.29, 1.82) is 0 Å². The maximum Gasteiger partial charge on any atom is 0.243 e. The van der Waals surface area contributed by atoms with Crippen molar-refractivity contribution in [2.45, 2.75) is 24.8 Å². The van der Waals surface area contributed by atoms with E-state index in [9.17, 15) is 8.42 Å². The third-order valence-corrected chi connectivity index (χ3v) is 6.49. The molecule has 0 bridgehead atoms. The lowest BCUT2D eigenvalue weighted by Crippen LogP contribution is -2.35. The number of methoxy groups -OCH3 is 1. The Morgan fingerprint density at radius 2 is 1.84 bits per heavy atom. The number of furan rings is 1. The predicted octanol–water partition coefficient (Wildman–Crippen LogP) is 2.49. The molecule has 1 saturated heterocycles. The molecule has 1 aliphatic heterocycles. The summed E-state index contributed by atoms with van der Waals surface area (Å²) in [6.45, 7) is 5.30. The van der Waals surface area contributed by atoms with Gasteiger partial charge in [0.1, 0.15) is 11.5 Å². The monoisotopic (exact) mass is 364 g/mol. The maximum atomic E-state index is 12.9. The van der Waals surface area contributed by atoms with E-state index in [2.05, 4.69) is 4.90 Å². The van der Waals surface area contributed by atoms with Crippen molar-refractivity contribution < 1.29 is 17.6 Å². The Bertz CT molecular complexity index is 799. The summed E-state index contributed by atoms with van der Waals surface area (Å²) in [6.07, 6.45) is 2.50. The van der Waals surface area contributed by atoms with Crippen molar-refractivity contribution in [2.75, 3.05) is 33.3 Å². The van der Waals surface area contributed by atoms with Gasteiger partial charge in [0.15, 0.2) is 0 Å². The molecule has 1 aromatic heterocycles. The highest BCUT2D eigenvalue weighted by molar-refractivity contribution is 7.89. The molecule has 7 heteroatoms. The molecule has 2 heterocycles. The van der Waals surface area contributed by atoms with Gasteiger partial charge >= 0.3 is 0 Å². The number of aryl methyl sites for hydroxylation is 1. The van der Waals surface area contributed by atoms with Crippen molar-refractivity contribution in [3.05, 3.63) is 47.9 Å². The lowest BCUT2D eigenvalue weighted by molar-refractivity contribution is 0.254. The van der Waals surface area contributed by atoms with E-state index < -0.39 is 10.0 Å². The fourth-order valence-corrected chi connectivity index (χ4v) is 4.48. The van der Waals surface area contributed by atoms with Crippen molar-refractivity contribution in [3.63, 3.8) is 0 Å². The van der Waals surface area contributed by atoms with Gasteiger partial charge in [0.05, 0.1) is 24.8 Å². The molecule has 0 unspecified atom stereocenters. The first-order valence-electron chi connectivity index (χ1n) is 8.40. The number of hydrogen-bond donors (Lipinski definition) is 0. The molecule has 0 saturated carbocycles. The van der Waals surface area contributed by atoms with Gasteiger partial charge in [-0.1, -0.05) is 0 Å². The first-order chi connectivity index (χ1) is 12.0. The van der Waals surface area contributed by atoms with E-state index in [1.165, 1.54) is 0 Å². The van der Waals surface area contributed by atoms with E-state index in [0.717, 1.165) is 30.8 Å². The Hall–Kier alpha value is -1.83. The third kappa shape index (κ3) is 4.05. The Labute approximate surface area is 149 Å². The van der Waals surface area contributed by atoms with Crippen molar-refractivity contribution in [2.24, 2.45) is 0 Å². The second kappa shape index (κ2) is 7.59. The summed E-state index contributed by atoms with van der Waals surface area (Å²) in [5.74, 6) is 1.60. The van der Waals surface area contributed by atoms with Crippen LogP contribution in [-0.4, -0.2) is 50.9 Å². The van der Waals surface area contributed by atoms with E-state index >= 15 is 0 Å². The minimum Gasteiger partial charge on any atom is -0.497 e. The number of nitrogens with zero attached hydrogens (tertiary/aromatic N) is 2. The van der Waals surface area contributed by atoms with Crippen LogP contribution in [0, 0.1) is 6.92 Å². The fraction of sp³-hybridized carbons (Fsp3) is 0.444. The largest absolute Gasteiger partial charge is 0.497 e. The molecule has 0 amide bonds. The molecule has 136 valence electrons. The molecule has 0 spiro atoms. The van der Waals surface area contributed by atoms with Crippen LogP contribution in [0.3, 0.4) is 0 Å². The number of sulfonamides is 1. The minimum absolute atomic E-state index is 0.309. The average Bonchev–Trinajstić information content (AvgIpc) is 2.87. The van der Waals surface area contributed by atoms with Gasteiger partial charge in [-0.15, -0.1) is 0 Å². The Balaban J connectivity index is 1.68. The van der Waals surface area contributed by atoms with Crippen LogP contribution in [0.15, 0.2) is 45.9 Å². The lowest BCUT2D eigenvalue weighted by Gasteiger charge is -2.21. The molecule has 2 aromatic rings. The molecule has 0 radical (unpaired) electrons. The number of benzene rings is 1. The van der Waals surface area contributed by atoms with Crippen molar-refractivity contribution >= 4 is 10.0 Å². The first kappa shape index (κ1) is 18.0. The zero-order chi connectivity index (χ0) is 17.9. The second-order valence-electron chi connectivity index (χ2n) is 6.24. The summed E-state index contributed by atoms with van der Waals surface area (Å²) < 4.78 is 37.9. The highest BCUT2D eigenvalue weighted by atomic mass is 32.2. The summed E-state index contributed by atoms with van der Waals surface area (Å²) in [4.78, 5) is 2.55. The molecule has 6 nitrogen and oxygen atoms in total. The Morgan fingerprint density at radius 1 is 1.08 bits per heavy atom. The van der Waals surface area contributed by atoms with Crippen LogP contribution in [0.4, 0.5) is 0 Å². The average molecular weight is 364 g/mol. The second-order valence-corrected chi connectivity index (χ2v) is 8.17. The van der Waals surface area contributed by atoms with E-state index in [1.54, 1.807) is 41.9 Å². The van der Waals surface area contributed by atoms with Crippen LogP contribution in [0.2, 0.25) is 0 Å². The zero-order valence-corrected chi connectivity index (χ0v) is 15.5. The van der Waals surface area contributed by atoms with Gasteiger partial charge in [0.25, 0.3) is 0 Å². The molecule has 3 rings (SSSR count). The van der Waals surface area contributed by atoms with Crippen LogP contribution in [0.5, 0.6) is 5.75 Å². The van der Waals surface area contributed by atoms with Crippen LogP contribution >= 0.6 is 0 Å². The standard InChI is InChI=1S/C18H24N2O4S/c1-15-8-13-24-18(15)14-19-9-3-10-20(12-11-19)25(21,22)17-6-4-16(23-2)5-7-17/h4-8,13H,3,9-12,14H2,1-2H3. The van der Waals surface area contributed by atoms with E-state index in [0.29, 0.717) is 30.3 Å². The van der Waals surface area contributed by atoms with Gasteiger partial charge in [0, 0.05) is 19.6 Å². The summed E-state index contributed by atoms with van der Waals surface area (Å²) in [7, 11) is -1.91. The third-order valence-electron chi connectivity index (χ3n) is 4.58. The van der Waals surface area contributed by atoms with Crippen LogP contribution in [0.25, 0.3) is 0 Å². The Kier molecular flexibility index (Phi) is 5.46. The van der Waals surface area contributed by atoms with Gasteiger partial charge in [-0.2, -0.15) is 4.31 Å². The normalized spacial score (nSPS) is 17.4. The van der Waals surface area contributed by atoms with Gasteiger partial charge in [0.2, 0.25) is 10.0 Å². The SMILES string of the molecule is COc1ccc(S(=O)(=O)N2CCCN(Cc3occc3C)CC2)cc1. The molecule has 25 heavy (non-hydrogen) atoms. The predicted molar refractivity (Wildman–Crippen MR) is 95.1 cm³/mol. The van der Waals surface area contributed by atoms with Gasteiger partial charge < -0.3 is 9.15 Å². The molecule has 1 aliphatic rings. The zero-order valence-electron chi connectivity index (χ0n) is 14.6. The van der Waals surface area contributed by atoms with Crippen molar-refractivity contribution in [1.82, 2.24) is 9.21 Å². The van der Waals surface area contributed by atoms with Gasteiger partial charge in [-0.3, -0.25) is 4.90 Å².